The van der Waals surface area contributed by atoms with Crippen LogP contribution in [0.15, 0.2) is 54.6 Å². The van der Waals surface area contributed by atoms with Crippen molar-refractivity contribution in [3.05, 3.63) is 71.3 Å². The second-order valence-electron chi connectivity index (χ2n) is 6.14. The van der Waals surface area contributed by atoms with Crippen molar-refractivity contribution in [3.8, 4) is 0 Å². The molecule has 1 heterocycles. The largest absolute Gasteiger partial charge is 0.388 e. The van der Waals surface area contributed by atoms with Crippen molar-refractivity contribution >= 4 is 0 Å². The Balaban J connectivity index is 0.000000855. The Kier molecular flexibility index (Phi) is 10.3. The van der Waals surface area contributed by atoms with Gasteiger partial charge in [0.25, 0.3) is 0 Å². The molecule has 27 heavy (non-hydrogen) atoms. The zero-order chi connectivity index (χ0) is 20.4. The highest BCUT2D eigenvalue weighted by Gasteiger charge is 2.42. The Morgan fingerprint density at radius 2 is 1.33 bits per heavy atom. The van der Waals surface area contributed by atoms with Crippen LogP contribution in [0.1, 0.15) is 57.4 Å². The molecule has 1 fully saturated rings. The quantitative estimate of drug-likeness (QED) is 0.763. The smallest absolute Gasteiger partial charge is 0.113 e. The highest BCUT2D eigenvalue weighted by molar-refractivity contribution is 5.31. The zero-order valence-corrected chi connectivity index (χ0v) is 17.0. The molecule has 0 spiro atoms. The summed E-state index contributed by atoms with van der Waals surface area (Å²) in [6.45, 7) is 9.70. The maximum atomic E-state index is 10.2. The van der Waals surface area contributed by atoms with Crippen LogP contribution in [0.5, 0.6) is 0 Å². The normalized spacial score (nSPS) is 26.9. The molecule has 0 aliphatic carbocycles. The summed E-state index contributed by atoms with van der Waals surface area (Å²) in [5.74, 6) is 0. The molecule has 3 N–H and O–H groups in total. The molecular weight excluding hydrogens is 340 g/mol. The summed E-state index contributed by atoms with van der Waals surface area (Å²) in [4.78, 5) is 0. The Bertz CT molecular complexity index is 644. The summed E-state index contributed by atoms with van der Waals surface area (Å²) in [5, 5.41) is 30.0. The first kappa shape index (κ1) is 23.3. The number of aliphatic hydroxyl groups is 3. The second-order valence-corrected chi connectivity index (χ2v) is 6.14. The van der Waals surface area contributed by atoms with E-state index in [2.05, 4.69) is 12.1 Å². The molecular formula is C23H34O4. The first-order chi connectivity index (χ1) is 13.1. The van der Waals surface area contributed by atoms with Gasteiger partial charge in [-0.15, -0.1) is 0 Å². The van der Waals surface area contributed by atoms with Gasteiger partial charge in [0.05, 0.1) is 6.10 Å². The standard InChI is InChI=1S/C19H22O4.2C2H6/c1-12-16(20)17(21)18(22)19(23-12)15-9-5-8-14(11-15)10-13-6-3-2-4-7-13;2*1-2/h2-9,11-12,16-22H,10H2,1H3;2*1-2H3/t12-,16-,17+,18-,19+;;/m1../s1. The van der Waals surface area contributed by atoms with E-state index in [0.717, 1.165) is 17.5 Å². The molecule has 1 aliphatic rings. The van der Waals surface area contributed by atoms with Crippen molar-refractivity contribution in [2.75, 3.05) is 0 Å². The van der Waals surface area contributed by atoms with Crippen LogP contribution >= 0.6 is 0 Å². The minimum Gasteiger partial charge on any atom is -0.388 e. The lowest BCUT2D eigenvalue weighted by Gasteiger charge is -2.39. The van der Waals surface area contributed by atoms with Gasteiger partial charge in [0, 0.05) is 0 Å². The van der Waals surface area contributed by atoms with Crippen molar-refractivity contribution in [1.82, 2.24) is 0 Å². The number of rotatable bonds is 3. The molecule has 2 aromatic rings. The molecule has 3 rings (SSSR count). The van der Waals surface area contributed by atoms with Crippen molar-refractivity contribution in [2.45, 2.75) is 71.6 Å². The zero-order valence-electron chi connectivity index (χ0n) is 17.0. The third-order valence-electron chi connectivity index (χ3n) is 4.38. The highest BCUT2D eigenvalue weighted by atomic mass is 16.5. The van der Waals surface area contributed by atoms with Gasteiger partial charge in [0.15, 0.2) is 0 Å². The van der Waals surface area contributed by atoms with Gasteiger partial charge >= 0.3 is 0 Å². The van der Waals surface area contributed by atoms with Crippen molar-refractivity contribution in [1.29, 1.82) is 0 Å². The SMILES string of the molecule is CC.CC.C[C@H]1O[C@@H](c2cccc(Cc3ccccc3)c2)[C@H](O)[C@@H](O)[C@@H]1O. The molecule has 5 atom stereocenters. The first-order valence-corrected chi connectivity index (χ1v) is 9.88. The van der Waals surface area contributed by atoms with Gasteiger partial charge in [-0.25, -0.2) is 0 Å². The van der Waals surface area contributed by atoms with E-state index in [9.17, 15) is 15.3 Å². The van der Waals surface area contributed by atoms with E-state index >= 15 is 0 Å². The summed E-state index contributed by atoms with van der Waals surface area (Å²) in [5.41, 5.74) is 3.13. The lowest BCUT2D eigenvalue weighted by molar-refractivity contribution is -0.219. The fourth-order valence-corrected chi connectivity index (χ4v) is 3.04. The second kappa shape index (κ2) is 11.9. The topological polar surface area (TPSA) is 69.9 Å². The van der Waals surface area contributed by atoms with Crippen LogP contribution in [0.3, 0.4) is 0 Å². The molecule has 0 radical (unpaired) electrons. The van der Waals surface area contributed by atoms with Crippen LogP contribution in [-0.4, -0.2) is 39.7 Å². The molecule has 0 amide bonds. The van der Waals surface area contributed by atoms with E-state index < -0.39 is 30.5 Å². The highest BCUT2D eigenvalue weighted by Crippen LogP contribution is 2.32. The van der Waals surface area contributed by atoms with Crippen LogP contribution in [-0.2, 0) is 11.2 Å². The minimum absolute atomic E-state index is 0.531. The lowest BCUT2D eigenvalue weighted by atomic mass is 9.90. The van der Waals surface area contributed by atoms with E-state index in [1.807, 2.05) is 70.2 Å². The van der Waals surface area contributed by atoms with Gasteiger partial charge < -0.3 is 20.1 Å². The summed E-state index contributed by atoms with van der Waals surface area (Å²) in [6.07, 6.45) is -3.81. The number of hydrogen-bond donors (Lipinski definition) is 3. The Hall–Kier alpha value is -1.72. The van der Waals surface area contributed by atoms with Gasteiger partial charge in [0.1, 0.15) is 24.4 Å². The molecule has 0 saturated carbocycles. The number of hydrogen-bond acceptors (Lipinski definition) is 4. The predicted molar refractivity (Wildman–Crippen MR) is 110 cm³/mol. The summed E-state index contributed by atoms with van der Waals surface area (Å²) in [7, 11) is 0. The van der Waals surface area contributed by atoms with Crippen LogP contribution < -0.4 is 0 Å². The maximum Gasteiger partial charge on any atom is 0.113 e. The Labute approximate surface area is 163 Å². The van der Waals surface area contributed by atoms with Gasteiger partial charge in [-0.3, -0.25) is 0 Å². The average molecular weight is 375 g/mol. The van der Waals surface area contributed by atoms with Crippen LogP contribution in [0.4, 0.5) is 0 Å². The Morgan fingerprint density at radius 3 is 1.96 bits per heavy atom. The van der Waals surface area contributed by atoms with Crippen molar-refractivity contribution < 1.29 is 20.1 Å². The van der Waals surface area contributed by atoms with Crippen molar-refractivity contribution in [3.63, 3.8) is 0 Å². The van der Waals surface area contributed by atoms with Crippen LogP contribution in [0.25, 0.3) is 0 Å². The molecule has 1 saturated heterocycles. The molecule has 0 unspecified atom stereocenters. The number of aliphatic hydroxyl groups excluding tert-OH is 3. The molecule has 4 nitrogen and oxygen atoms in total. The van der Waals surface area contributed by atoms with Crippen LogP contribution in [0.2, 0.25) is 0 Å². The average Bonchev–Trinajstić information content (AvgIpc) is 2.73. The lowest BCUT2D eigenvalue weighted by Crippen LogP contribution is -2.53. The van der Waals surface area contributed by atoms with E-state index in [4.69, 9.17) is 4.74 Å². The van der Waals surface area contributed by atoms with E-state index in [-0.39, 0.29) is 0 Å². The van der Waals surface area contributed by atoms with Crippen molar-refractivity contribution in [2.24, 2.45) is 0 Å². The van der Waals surface area contributed by atoms with Gasteiger partial charge in [0.2, 0.25) is 0 Å². The Morgan fingerprint density at radius 1 is 0.741 bits per heavy atom. The summed E-state index contributed by atoms with van der Waals surface area (Å²) < 4.78 is 5.71. The van der Waals surface area contributed by atoms with Gasteiger partial charge in [-0.05, 0) is 30.0 Å². The fraction of sp³-hybridized carbons (Fsp3) is 0.478. The molecule has 2 aromatic carbocycles. The monoisotopic (exact) mass is 374 g/mol. The van der Waals surface area contributed by atoms with E-state index in [0.29, 0.717) is 0 Å². The van der Waals surface area contributed by atoms with Crippen LogP contribution in [0, 0.1) is 0 Å². The van der Waals surface area contributed by atoms with E-state index in [1.54, 1.807) is 6.92 Å². The first-order valence-electron chi connectivity index (χ1n) is 9.88. The summed E-state index contributed by atoms with van der Waals surface area (Å²) in [6, 6.07) is 17.9. The molecule has 0 bridgehead atoms. The maximum absolute atomic E-state index is 10.2. The third-order valence-corrected chi connectivity index (χ3v) is 4.38. The minimum atomic E-state index is -1.21. The van der Waals surface area contributed by atoms with Gasteiger partial charge in [-0.1, -0.05) is 82.3 Å². The van der Waals surface area contributed by atoms with E-state index in [1.165, 1.54) is 5.56 Å². The molecule has 1 aliphatic heterocycles. The molecule has 0 aromatic heterocycles. The predicted octanol–water partition coefficient (Wildman–Crippen LogP) is 3.87. The van der Waals surface area contributed by atoms with Gasteiger partial charge in [-0.2, -0.15) is 0 Å². The molecule has 4 heteroatoms. The number of ether oxygens (including phenoxy) is 1. The molecule has 150 valence electrons. The third kappa shape index (κ3) is 6.15. The fourth-order valence-electron chi connectivity index (χ4n) is 3.04. The summed E-state index contributed by atoms with van der Waals surface area (Å²) >= 11 is 0. The number of benzene rings is 2.